The van der Waals surface area contributed by atoms with Crippen LogP contribution in [0.2, 0.25) is 0 Å². The van der Waals surface area contributed by atoms with Gasteiger partial charge in [0.1, 0.15) is 5.75 Å². The Morgan fingerprint density at radius 3 is 2.54 bits per heavy atom. The van der Waals surface area contributed by atoms with Gasteiger partial charge in [-0.05, 0) is 44.5 Å². The minimum absolute atomic E-state index is 0.0350. The highest BCUT2D eigenvalue weighted by Crippen LogP contribution is 2.35. The molecule has 5 heteroatoms. The molecular formula is C19H30N2O3. The molecule has 1 unspecified atom stereocenters. The summed E-state index contributed by atoms with van der Waals surface area (Å²) >= 11 is 0. The van der Waals surface area contributed by atoms with E-state index in [0.717, 1.165) is 31.8 Å². The summed E-state index contributed by atoms with van der Waals surface area (Å²) < 4.78 is 11.1. The van der Waals surface area contributed by atoms with Gasteiger partial charge >= 0.3 is 0 Å². The van der Waals surface area contributed by atoms with E-state index in [2.05, 4.69) is 22.8 Å². The van der Waals surface area contributed by atoms with Gasteiger partial charge in [0.25, 0.3) is 0 Å². The molecule has 1 saturated heterocycles. The van der Waals surface area contributed by atoms with Crippen molar-refractivity contribution in [3.63, 3.8) is 0 Å². The predicted octanol–water partition coefficient (Wildman–Crippen LogP) is 2.11. The third kappa shape index (κ3) is 4.71. The highest BCUT2D eigenvalue weighted by Gasteiger charge is 2.35. The van der Waals surface area contributed by atoms with Crippen molar-refractivity contribution >= 4 is 5.91 Å². The number of carbonyl (C=O) groups is 1. The largest absolute Gasteiger partial charge is 0.494 e. The van der Waals surface area contributed by atoms with E-state index in [1.165, 1.54) is 5.56 Å². The van der Waals surface area contributed by atoms with Crippen LogP contribution in [-0.4, -0.2) is 45.9 Å². The van der Waals surface area contributed by atoms with Crippen LogP contribution in [0.15, 0.2) is 24.3 Å². The van der Waals surface area contributed by atoms with Gasteiger partial charge in [0.2, 0.25) is 5.91 Å². The minimum Gasteiger partial charge on any atom is -0.494 e. The first-order valence-corrected chi connectivity index (χ1v) is 8.84. The number of hydrogen-bond acceptors (Lipinski definition) is 4. The fourth-order valence-electron chi connectivity index (χ4n) is 3.23. The summed E-state index contributed by atoms with van der Waals surface area (Å²) in [7, 11) is 1.86. The van der Waals surface area contributed by atoms with Crippen molar-refractivity contribution in [3.05, 3.63) is 29.8 Å². The Morgan fingerprint density at radius 2 is 1.96 bits per heavy atom. The summed E-state index contributed by atoms with van der Waals surface area (Å²) in [5, 5.41) is 6.20. The fraction of sp³-hybridized carbons (Fsp3) is 0.632. The van der Waals surface area contributed by atoms with Crippen LogP contribution in [0.25, 0.3) is 0 Å². The van der Waals surface area contributed by atoms with Crippen molar-refractivity contribution in [2.45, 2.75) is 32.1 Å². The molecule has 24 heavy (non-hydrogen) atoms. The molecular weight excluding hydrogens is 304 g/mol. The van der Waals surface area contributed by atoms with Crippen molar-refractivity contribution in [1.82, 2.24) is 10.6 Å². The summed E-state index contributed by atoms with van der Waals surface area (Å²) in [4.78, 5) is 12.3. The van der Waals surface area contributed by atoms with Crippen molar-refractivity contribution < 1.29 is 14.3 Å². The van der Waals surface area contributed by atoms with Gasteiger partial charge in [-0.25, -0.2) is 0 Å². The van der Waals surface area contributed by atoms with Crippen molar-refractivity contribution in [1.29, 1.82) is 0 Å². The van der Waals surface area contributed by atoms with Crippen molar-refractivity contribution in [2.75, 3.05) is 40.0 Å². The van der Waals surface area contributed by atoms with E-state index in [1.54, 1.807) is 0 Å². The third-order valence-corrected chi connectivity index (χ3v) is 4.79. The zero-order valence-corrected chi connectivity index (χ0v) is 15.1. The molecule has 0 spiro atoms. The zero-order valence-electron chi connectivity index (χ0n) is 15.1. The Bertz CT molecular complexity index is 510. The van der Waals surface area contributed by atoms with E-state index in [0.29, 0.717) is 19.7 Å². The van der Waals surface area contributed by atoms with Crippen LogP contribution in [0.3, 0.4) is 0 Å². The minimum atomic E-state index is -0.0575. The molecule has 1 aliphatic heterocycles. The highest BCUT2D eigenvalue weighted by atomic mass is 16.5. The van der Waals surface area contributed by atoms with Crippen LogP contribution in [-0.2, 0) is 14.9 Å². The van der Waals surface area contributed by atoms with Gasteiger partial charge in [0, 0.05) is 37.6 Å². The molecule has 0 radical (unpaired) electrons. The number of amides is 1. The Hall–Kier alpha value is -1.59. The number of nitrogens with one attached hydrogen (secondary N) is 2. The van der Waals surface area contributed by atoms with Gasteiger partial charge in [-0.2, -0.15) is 0 Å². The standard InChI is InChI=1S/C19H30N2O3/c1-4-24-17-7-5-16(6-8-17)19(9-11-23-12-10-19)14-21-18(22)15(2)13-20-3/h5-8,15,20H,4,9-14H2,1-3H3,(H,21,22). The average molecular weight is 334 g/mol. The lowest BCUT2D eigenvalue weighted by Crippen LogP contribution is -2.46. The molecule has 1 aromatic rings. The van der Waals surface area contributed by atoms with E-state index in [-0.39, 0.29) is 17.2 Å². The maximum atomic E-state index is 12.3. The summed E-state index contributed by atoms with van der Waals surface area (Å²) in [5.41, 5.74) is 1.19. The molecule has 1 amide bonds. The number of rotatable bonds is 8. The molecule has 1 atom stereocenters. The first kappa shape index (κ1) is 18.7. The molecule has 1 aliphatic rings. The van der Waals surface area contributed by atoms with E-state index < -0.39 is 0 Å². The molecule has 0 bridgehead atoms. The first-order valence-electron chi connectivity index (χ1n) is 8.84. The van der Waals surface area contributed by atoms with Crippen molar-refractivity contribution in [3.8, 4) is 5.75 Å². The van der Waals surface area contributed by atoms with Gasteiger partial charge in [-0.15, -0.1) is 0 Å². The summed E-state index contributed by atoms with van der Waals surface area (Å²) in [6.45, 7) is 7.39. The molecule has 5 nitrogen and oxygen atoms in total. The lowest BCUT2D eigenvalue weighted by molar-refractivity contribution is -0.124. The van der Waals surface area contributed by atoms with Crippen molar-refractivity contribution in [2.24, 2.45) is 5.92 Å². The second-order valence-corrected chi connectivity index (χ2v) is 6.53. The second-order valence-electron chi connectivity index (χ2n) is 6.53. The van der Waals surface area contributed by atoms with E-state index >= 15 is 0 Å². The molecule has 0 aliphatic carbocycles. The Morgan fingerprint density at radius 1 is 1.29 bits per heavy atom. The molecule has 2 rings (SSSR count). The first-order chi connectivity index (χ1) is 11.6. The lowest BCUT2D eigenvalue weighted by Gasteiger charge is -2.38. The number of benzene rings is 1. The molecule has 1 fully saturated rings. The SMILES string of the molecule is CCOc1ccc(C2(CNC(=O)C(C)CNC)CCOCC2)cc1. The van der Waals surface area contributed by atoms with Crippen LogP contribution in [0.1, 0.15) is 32.3 Å². The summed E-state index contributed by atoms with van der Waals surface area (Å²) in [5.74, 6) is 0.948. The van der Waals surface area contributed by atoms with Gasteiger partial charge in [-0.3, -0.25) is 4.79 Å². The maximum Gasteiger partial charge on any atom is 0.224 e. The van der Waals surface area contributed by atoms with Gasteiger partial charge < -0.3 is 20.1 Å². The zero-order chi connectivity index (χ0) is 17.4. The molecule has 0 saturated carbocycles. The second kappa shape index (κ2) is 9.04. The van der Waals surface area contributed by atoms with E-state index in [1.807, 2.05) is 33.0 Å². The molecule has 1 heterocycles. The van der Waals surface area contributed by atoms with Crippen LogP contribution in [0, 0.1) is 5.92 Å². The topological polar surface area (TPSA) is 59.6 Å². The maximum absolute atomic E-state index is 12.3. The average Bonchev–Trinajstić information content (AvgIpc) is 2.61. The smallest absolute Gasteiger partial charge is 0.224 e. The van der Waals surface area contributed by atoms with E-state index in [9.17, 15) is 4.79 Å². The Balaban J connectivity index is 2.09. The third-order valence-electron chi connectivity index (χ3n) is 4.79. The fourth-order valence-corrected chi connectivity index (χ4v) is 3.23. The normalized spacial score (nSPS) is 18.0. The molecule has 2 N–H and O–H groups in total. The highest BCUT2D eigenvalue weighted by molar-refractivity contribution is 5.78. The van der Waals surface area contributed by atoms with Gasteiger partial charge in [0.05, 0.1) is 6.61 Å². The predicted molar refractivity (Wildman–Crippen MR) is 95.4 cm³/mol. The van der Waals surface area contributed by atoms with E-state index in [4.69, 9.17) is 9.47 Å². The van der Waals surface area contributed by atoms with Gasteiger partial charge in [-0.1, -0.05) is 19.1 Å². The molecule has 1 aromatic carbocycles. The number of ether oxygens (including phenoxy) is 2. The summed E-state index contributed by atoms with van der Waals surface area (Å²) in [6, 6.07) is 8.28. The van der Waals surface area contributed by atoms with Crippen LogP contribution in [0.4, 0.5) is 0 Å². The quantitative estimate of drug-likeness (QED) is 0.764. The Kier molecular flexibility index (Phi) is 7.06. The lowest BCUT2D eigenvalue weighted by atomic mass is 9.74. The Labute approximate surface area is 145 Å². The number of carbonyl (C=O) groups excluding carboxylic acids is 1. The number of hydrogen-bond donors (Lipinski definition) is 2. The monoisotopic (exact) mass is 334 g/mol. The van der Waals surface area contributed by atoms with Gasteiger partial charge in [0.15, 0.2) is 0 Å². The van der Waals surface area contributed by atoms with Crippen LogP contribution < -0.4 is 15.4 Å². The molecule has 134 valence electrons. The summed E-state index contributed by atoms with van der Waals surface area (Å²) in [6.07, 6.45) is 1.84. The molecule has 0 aromatic heterocycles. The van der Waals surface area contributed by atoms with Crippen LogP contribution in [0.5, 0.6) is 5.75 Å². The van der Waals surface area contributed by atoms with Crippen LogP contribution >= 0.6 is 0 Å².